The van der Waals surface area contributed by atoms with E-state index < -0.39 is 0 Å². The first-order chi connectivity index (χ1) is 5.25. The molecule has 0 aromatic rings. The Bertz CT molecular complexity index is 147. The van der Waals surface area contributed by atoms with Crippen LogP contribution in [0.3, 0.4) is 0 Å². The van der Waals surface area contributed by atoms with Gasteiger partial charge in [-0.25, -0.2) is 4.79 Å². The molecule has 1 saturated carbocycles. The number of urea groups is 1. The van der Waals surface area contributed by atoms with Crippen molar-refractivity contribution in [3.05, 3.63) is 0 Å². The van der Waals surface area contributed by atoms with Crippen LogP contribution in [0.1, 0.15) is 19.3 Å². The fourth-order valence-corrected chi connectivity index (χ4v) is 1.42. The molecule has 2 amide bonds. The zero-order chi connectivity index (χ0) is 8.27. The molecule has 1 rings (SSSR count). The summed E-state index contributed by atoms with van der Waals surface area (Å²) in [5.41, 5.74) is 0. The third-order valence-corrected chi connectivity index (χ3v) is 2.51. The molecule has 0 unspecified atom stereocenters. The molecule has 3 nitrogen and oxygen atoms in total. The molecule has 0 heterocycles. The Labute approximate surface area is 71.7 Å². The SMILES string of the molecule is CSNC(=O)N(C)C1CCC1. The third-order valence-electron chi connectivity index (χ3n) is 2.13. The fraction of sp³-hybridized carbons (Fsp3) is 0.857. The molecule has 0 aliphatic heterocycles. The van der Waals surface area contributed by atoms with Gasteiger partial charge in [-0.05, 0) is 19.3 Å². The summed E-state index contributed by atoms with van der Waals surface area (Å²) in [5.74, 6) is 0. The van der Waals surface area contributed by atoms with Gasteiger partial charge in [-0.2, -0.15) is 0 Å². The highest BCUT2D eigenvalue weighted by Crippen LogP contribution is 2.23. The van der Waals surface area contributed by atoms with Gasteiger partial charge in [0, 0.05) is 19.3 Å². The zero-order valence-electron chi connectivity index (χ0n) is 6.96. The zero-order valence-corrected chi connectivity index (χ0v) is 7.78. The summed E-state index contributed by atoms with van der Waals surface area (Å²) in [6.07, 6.45) is 5.45. The lowest BCUT2D eigenvalue weighted by molar-refractivity contribution is 0.163. The number of nitrogens with one attached hydrogen (secondary N) is 1. The molecule has 64 valence electrons. The van der Waals surface area contributed by atoms with Crippen molar-refractivity contribution >= 4 is 18.0 Å². The number of hydrogen-bond acceptors (Lipinski definition) is 2. The van der Waals surface area contributed by atoms with Gasteiger partial charge in [0.05, 0.1) is 0 Å². The lowest BCUT2D eigenvalue weighted by Gasteiger charge is -2.34. The first-order valence-corrected chi connectivity index (χ1v) is 5.04. The summed E-state index contributed by atoms with van der Waals surface area (Å²) in [4.78, 5) is 13.0. The summed E-state index contributed by atoms with van der Waals surface area (Å²) in [7, 11) is 1.86. The van der Waals surface area contributed by atoms with E-state index in [2.05, 4.69) is 4.72 Å². The van der Waals surface area contributed by atoms with Crippen LogP contribution in [0.4, 0.5) is 4.79 Å². The standard InChI is InChI=1S/C7H14N2OS/c1-9(6-4-3-5-6)7(10)8-11-2/h6H,3-5H2,1-2H3,(H,8,10). The van der Waals surface area contributed by atoms with E-state index in [-0.39, 0.29) is 6.03 Å². The predicted octanol–water partition coefficient (Wildman–Crippen LogP) is 1.46. The van der Waals surface area contributed by atoms with Gasteiger partial charge in [0.15, 0.2) is 0 Å². The maximum Gasteiger partial charge on any atom is 0.327 e. The quantitative estimate of drug-likeness (QED) is 0.643. The number of hydrogen-bond donors (Lipinski definition) is 1. The molecule has 0 radical (unpaired) electrons. The number of carbonyl (C=O) groups excluding carboxylic acids is 1. The lowest BCUT2D eigenvalue weighted by Crippen LogP contribution is -2.44. The van der Waals surface area contributed by atoms with Gasteiger partial charge >= 0.3 is 6.03 Å². The van der Waals surface area contributed by atoms with Crippen LogP contribution >= 0.6 is 11.9 Å². The molecule has 0 bridgehead atoms. The minimum Gasteiger partial charge on any atom is -0.324 e. The predicted molar refractivity (Wildman–Crippen MR) is 47.4 cm³/mol. The van der Waals surface area contributed by atoms with Crippen LogP contribution in [0.15, 0.2) is 0 Å². The molecule has 1 aliphatic carbocycles. The summed E-state index contributed by atoms with van der Waals surface area (Å²) in [5, 5.41) is 0. The van der Waals surface area contributed by atoms with E-state index in [4.69, 9.17) is 0 Å². The van der Waals surface area contributed by atoms with Gasteiger partial charge in [0.25, 0.3) is 0 Å². The van der Waals surface area contributed by atoms with E-state index in [1.165, 1.54) is 18.4 Å². The largest absolute Gasteiger partial charge is 0.327 e. The van der Waals surface area contributed by atoms with Crippen LogP contribution in [0.5, 0.6) is 0 Å². The molecule has 4 heteroatoms. The average molecular weight is 174 g/mol. The second-order valence-electron chi connectivity index (χ2n) is 2.81. The molecule has 0 spiro atoms. The Morgan fingerprint density at radius 2 is 2.27 bits per heavy atom. The molecule has 1 fully saturated rings. The molecule has 11 heavy (non-hydrogen) atoms. The van der Waals surface area contributed by atoms with Gasteiger partial charge in [-0.15, -0.1) is 0 Å². The van der Waals surface area contributed by atoms with Crippen LogP contribution < -0.4 is 4.72 Å². The molecular weight excluding hydrogens is 160 g/mol. The first-order valence-electron chi connectivity index (χ1n) is 3.81. The highest BCUT2D eigenvalue weighted by molar-refractivity contribution is 7.97. The minimum atomic E-state index is 0.0298. The maximum absolute atomic E-state index is 11.2. The smallest absolute Gasteiger partial charge is 0.324 e. The van der Waals surface area contributed by atoms with Crippen LogP contribution in [-0.4, -0.2) is 30.3 Å². The molecule has 0 saturated heterocycles. The Morgan fingerprint density at radius 3 is 2.64 bits per heavy atom. The number of amides is 2. The second kappa shape index (κ2) is 3.85. The Balaban J connectivity index is 2.27. The van der Waals surface area contributed by atoms with Crippen LogP contribution in [0, 0.1) is 0 Å². The summed E-state index contributed by atoms with van der Waals surface area (Å²) in [6, 6.07) is 0.518. The Morgan fingerprint density at radius 1 is 1.64 bits per heavy atom. The number of rotatable bonds is 2. The van der Waals surface area contributed by atoms with E-state index in [1.807, 2.05) is 13.3 Å². The van der Waals surface area contributed by atoms with Crippen molar-refractivity contribution in [1.82, 2.24) is 9.62 Å². The van der Waals surface area contributed by atoms with Crippen molar-refractivity contribution in [3.8, 4) is 0 Å². The van der Waals surface area contributed by atoms with Crippen molar-refractivity contribution in [1.29, 1.82) is 0 Å². The van der Waals surface area contributed by atoms with Gasteiger partial charge in [-0.3, -0.25) is 4.72 Å². The number of nitrogens with zero attached hydrogens (tertiary/aromatic N) is 1. The molecular formula is C7H14N2OS. The van der Waals surface area contributed by atoms with Crippen molar-refractivity contribution in [3.63, 3.8) is 0 Å². The van der Waals surface area contributed by atoms with Crippen molar-refractivity contribution in [2.45, 2.75) is 25.3 Å². The van der Waals surface area contributed by atoms with E-state index >= 15 is 0 Å². The summed E-state index contributed by atoms with van der Waals surface area (Å²) >= 11 is 1.35. The van der Waals surface area contributed by atoms with Crippen LogP contribution in [-0.2, 0) is 0 Å². The highest BCUT2D eigenvalue weighted by atomic mass is 32.2. The molecule has 0 aromatic heterocycles. The third kappa shape index (κ3) is 2.02. The maximum atomic E-state index is 11.2. The minimum absolute atomic E-state index is 0.0298. The van der Waals surface area contributed by atoms with Crippen molar-refractivity contribution < 1.29 is 4.79 Å². The fourth-order valence-electron chi connectivity index (χ4n) is 1.10. The van der Waals surface area contributed by atoms with Gasteiger partial charge < -0.3 is 4.90 Å². The van der Waals surface area contributed by atoms with Gasteiger partial charge in [0.1, 0.15) is 0 Å². The summed E-state index contributed by atoms with van der Waals surface area (Å²) in [6.45, 7) is 0. The van der Waals surface area contributed by atoms with Gasteiger partial charge in [0.2, 0.25) is 0 Å². The molecule has 1 N–H and O–H groups in total. The lowest BCUT2D eigenvalue weighted by atomic mass is 9.92. The van der Waals surface area contributed by atoms with E-state index in [0.717, 1.165) is 12.8 Å². The topological polar surface area (TPSA) is 32.3 Å². The van der Waals surface area contributed by atoms with Crippen LogP contribution in [0.2, 0.25) is 0 Å². The molecule has 0 atom stereocenters. The van der Waals surface area contributed by atoms with E-state index in [0.29, 0.717) is 6.04 Å². The van der Waals surface area contributed by atoms with Gasteiger partial charge in [-0.1, -0.05) is 11.9 Å². The summed E-state index contributed by atoms with van der Waals surface area (Å²) < 4.78 is 2.70. The van der Waals surface area contributed by atoms with Crippen molar-refractivity contribution in [2.75, 3.05) is 13.3 Å². The molecule has 0 aromatic carbocycles. The van der Waals surface area contributed by atoms with Crippen LogP contribution in [0.25, 0.3) is 0 Å². The Kier molecular flexibility index (Phi) is 3.05. The van der Waals surface area contributed by atoms with E-state index in [9.17, 15) is 4.79 Å². The van der Waals surface area contributed by atoms with E-state index in [1.54, 1.807) is 4.90 Å². The number of carbonyl (C=O) groups is 1. The monoisotopic (exact) mass is 174 g/mol. The normalized spacial score (nSPS) is 17.3. The highest BCUT2D eigenvalue weighted by Gasteiger charge is 2.25. The Hall–Kier alpha value is -0.380. The van der Waals surface area contributed by atoms with Crippen molar-refractivity contribution in [2.24, 2.45) is 0 Å². The second-order valence-corrected chi connectivity index (χ2v) is 3.42. The molecule has 1 aliphatic rings. The average Bonchev–Trinajstić information content (AvgIpc) is 1.84. The first kappa shape index (κ1) is 8.71.